The topological polar surface area (TPSA) is 129 Å². The molecule has 0 bridgehead atoms. The van der Waals surface area contributed by atoms with Crippen LogP contribution in [-0.4, -0.2) is 33.2 Å². The monoisotopic (exact) mass is 466 g/mol. The van der Waals surface area contributed by atoms with Crippen LogP contribution in [0.1, 0.15) is 18.2 Å². The van der Waals surface area contributed by atoms with E-state index in [1.54, 1.807) is 0 Å². The molecule has 162 valence electrons. The van der Waals surface area contributed by atoms with E-state index in [-0.39, 0.29) is 17.4 Å². The van der Waals surface area contributed by atoms with Crippen LogP contribution in [0.2, 0.25) is 5.02 Å². The molecule has 0 radical (unpaired) electrons. The summed E-state index contributed by atoms with van der Waals surface area (Å²) in [5.74, 6) is -3.16. The number of aromatic amines is 1. The number of aromatic nitrogens is 2. The first kappa shape index (κ1) is 21.2. The van der Waals surface area contributed by atoms with Gasteiger partial charge < -0.3 is 14.4 Å². The van der Waals surface area contributed by atoms with Gasteiger partial charge in [-0.1, -0.05) is 11.6 Å². The third kappa shape index (κ3) is 4.07. The Kier molecular flexibility index (Phi) is 5.33. The van der Waals surface area contributed by atoms with E-state index < -0.39 is 56.1 Å². The van der Waals surface area contributed by atoms with Gasteiger partial charge in [0.05, 0.1) is 6.61 Å². The van der Waals surface area contributed by atoms with Gasteiger partial charge in [-0.3, -0.25) is 23.4 Å². The van der Waals surface area contributed by atoms with Crippen molar-refractivity contribution in [3.63, 3.8) is 0 Å². The molecule has 4 atom stereocenters. The molecular weight excluding hydrogens is 453 g/mol. The second-order valence-corrected chi connectivity index (χ2v) is 8.64. The predicted molar refractivity (Wildman–Crippen MR) is 96.3 cm³/mol. The van der Waals surface area contributed by atoms with Crippen LogP contribution in [0.3, 0.4) is 0 Å². The lowest BCUT2D eigenvalue weighted by Crippen LogP contribution is -2.36. The maximum absolute atomic E-state index is 15.1. The summed E-state index contributed by atoms with van der Waals surface area (Å²) in [7, 11) is -4.25. The third-order valence-corrected chi connectivity index (χ3v) is 6.00. The van der Waals surface area contributed by atoms with Gasteiger partial charge in [0.2, 0.25) is 5.85 Å². The van der Waals surface area contributed by atoms with Crippen molar-refractivity contribution < 1.29 is 36.8 Å². The van der Waals surface area contributed by atoms with Gasteiger partial charge in [0.1, 0.15) is 29.3 Å². The predicted octanol–water partition coefficient (Wildman–Crippen LogP) is 2.01. The number of nitrogens with one attached hydrogen (secondary N) is 1. The fourth-order valence-corrected chi connectivity index (χ4v) is 4.42. The lowest BCUT2D eigenvalue weighted by atomic mass is 10.2. The summed E-state index contributed by atoms with van der Waals surface area (Å²) >= 11 is 5.66. The van der Waals surface area contributed by atoms with E-state index in [2.05, 4.69) is 0 Å². The highest BCUT2D eigenvalue weighted by Gasteiger charge is 2.50. The molecule has 0 aliphatic carbocycles. The molecule has 1 aromatic carbocycles. The van der Waals surface area contributed by atoms with Crippen molar-refractivity contribution in [3.05, 3.63) is 61.6 Å². The van der Waals surface area contributed by atoms with E-state index in [9.17, 15) is 23.7 Å². The number of aliphatic hydroxyl groups is 1. The number of alkyl halides is 1. The molecule has 3 heterocycles. The minimum absolute atomic E-state index is 0.0542. The number of ether oxygens (including phenoxy) is 1. The summed E-state index contributed by atoms with van der Waals surface area (Å²) in [5.41, 5.74) is -1.54. The van der Waals surface area contributed by atoms with Crippen LogP contribution in [-0.2, 0) is 25.0 Å². The number of fused-ring (bicyclic) bond motifs is 1. The van der Waals surface area contributed by atoms with Crippen LogP contribution < -0.4 is 15.8 Å². The van der Waals surface area contributed by atoms with Gasteiger partial charge in [0.15, 0.2) is 6.23 Å². The summed E-state index contributed by atoms with van der Waals surface area (Å²) in [6, 6.07) is 3.44. The third-order valence-electron chi connectivity index (χ3n) is 4.42. The van der Waals surface area contributed by atoms with Gasteiger partial charge in [-0.25, -0.2) is 18.1 Å². The molecule has 0 amide bonds. The number of H-pyrrole nitrogens is 1. The molecule has 0 saturated carbocycles. The molecule has 4 rings (SSSR count). The highest BCUT2D eigenvalue weighted by atomic mass is 35.5. The lowest BCUT2D eigenvalue weighted by Gasteiger charge is -2.27. The Morgan fingerprint density at radius 1 is 1.43 bits per heavy atom. The van der Waals surface area contributed by atoms with E-state index in [1.807, 2.05) is 4.98 Å². The number of hydrogen-bond donors (Lipinski definition) is 2. The molecule has 2 aliphatic rings. The summed E-state index contributed by atoms with van der Waals surface area (Å²) in [6.45, 7) is -1.26. The van der Waals surface area contributed by atoms with Gasteiger partial charge >= 0.3 is 13.5 Å². The molecule has 10 nitrogen and oxygen atoms in total. The van der Waals surface area contributed by atoms with E-state index >= 15 is 4.39 Å². The number of rotatable bonds is 4. The smallest absolute Gasteiger partial charge is 0.404 e. The van der Waals surface area contributed by atoms with Crippen LogP contribution in [0.4, 0.5) is 8.78 Å². The number of aliphatic hydroxyl groups excluding tert-OH is 1. The van der Waals surface area contributed by atoms with Crippen molar-refractivity contribution in [2.75, 3.05) is 6.61 Å². The second-order valence-electron chi connectivity index (χ2n) is 6.64. The van der Waals surface area contributed by atoms with Crippen LogP contribution in [0.15, 0.2) is 34.0 Å². The zero-order chi connectivity index (χ0) is 21.7. The summed E-state index contributed by atoms with van der Waals surface area (Å²) in [5, 5.41) is 9.76. The molecule has 2 aromatic rings. The number of benzene rings is 1. The summed E-state index contributed by atoms with van der Waals surface area (Å²) in [6.07, 6.45) is -2.80. The van der Waals surface area contributed by atoms with Crippen molar-refractivity contribution >= 4 is 19.4 Å². The quantitative estimate of drug-likeness (QED) is 0.655. The molecule has 1 saturated heterocycles. The van der Waals surface area contributed by atoms with Crippen molar-refractivity contribution in [1.82, 2.24) is 9.55 Å². The van der Waals surface area contributed by atoms with Gasteiger partial charge in [0, 0.05) is 18.2 Å². The molecule has 30 heavy (non-hydrogen) atoms. The van der Waals surface area contributed by atoms with Crippen molar-refractivity contribution in [3.8, 4) is 5.75 Å². The van der Waals surface area contributed by atoms with E-state index in [0.29, 0.717) is 5.56 Å². The molecule has 2 N–H and O–H groups in total. The maximum atomic E-state index is 15.1. The Morgan fingerprint density at radius 3 is 2.97 bits per heavy atom. The Morgan fingerprint density at radius 2 is 2.20 bits per heavy atom. The van der Waals surface area contributed by atoms with Crippen LogP contribution >= 0.6 is 19.4 Å². The standard InChI is InChI=1S/C16H14ClF2N2O8P/c17-10-5-21(15(24)20-13(10)23)14-11(22)4-16(19,28-14)7-27-30(25)26-6-8-3-9(18)1-2-12(8)29-30/h1-3,5,11,14,22H,4,6-7H2,(H,20,23,24)/t11-,14-,16+,30?/m1/s1. The molecule has 0 spiro atoms. The first-order valence-corrected chi connectivity index (χ1v) is 10.3. The summed E-state index contributed by atoms with van der Waals surface area (Å²) in [4.78, 5) is 25.2. The van der Waals surface area contributed by atoms with Gasteiger partial charge in [-0.05, 0) is 18.2 Å². The van der Waals surface area contributed by atoms with Crippen molar-refractivity contribution in [2.24, 2.45) is 0 Å². The number of phosphoric acid groups is 1. The molecule has 1 unspecified atom stereocenters. The van der Waals surface area contributed by atoms with E-state index in [1.165, 1.54) is 6.07 Å². The van der Waals surface area contributed by atoms with E-state index in [0.717, 1.165) is 22.9 Å². The molecule has 2 aliphatic heterocycles. The van der Waals surface area contributed by atoms with Crippen LogP contribution in [0.5, 0.6) is 5.75 Å². The largest absolute Gasteiger partial charge is 0.530 e. The van der Waals surface area contributed by atoms with Crippen LogP contribution in [0.25, 0.3) is 0 Å². The highest BCUT2D eigenvalue weighted by Crippen LogP contribution is 2.55. The molecule has 14 heteroatoms. The van der Waals surface area contributed by atoms with Gasteiger partial charge in [-0.15, -0.1) is 0 Å². The fourth-order valence-electron chi connectivity index (χ4n) is 3.03. The molecular formula is C16H14ClF2N2O8P. The number of phosphoric ester groups is 1. The van der Waals surface area contributed by atoms with Gasteiger partial charge in [0.25, 0.3) is 5.56 Å². The van der Waals surface area contributed by atoms with Crippen LogP contribution in [0, 0.1) is 5.82 Å². The minimum atomic E-state index is -4.25. The number of halogens is 3. The number of hydrogen-bond acceptors (Lipinski definition) is 8. The second kappa shape index (κ2) is 7.56. The van der Waals surface area contributed by atoms with Crippen molar-refractivity contribution in [1.29, 1.82) is 0 Å². The Balaban J connectivity index is 1.47. The Bertz CT molecular complexity index is 1160. The first-order chi connectivity index (χ1) is 14.1. The SMILES string of the molecule is O=c1[nH]c(=O)n([C@@H]2O[C@](F)(COP3(=O)OCc4cc(F)ccc4O3)C[C@H]2O)cc1Cl. The zero-order valence-corrected chi connectivity index (χ0v) is 16.6. The minimum Gasteiger partial charge on any atom is -0.404 e. The van der Waals surface area contributed by atoms with Crippen molar-refractivity contribution in [2.45, 2.75) is 31.2 Å². The Hall–Kier alpha value is -2.08. The fraction of sp³-hybridized carbons (Fsp3) is 0.375. The Labute approximate surface area is 171 Å². The highest BCUT2D eigenvalue weighted by molar-refractivity contribution is 7.49. The first-order valence-electron chi connectivity index (χ1n) is 8.50. The maximum Gasteiger partial charge on any atom is 0.530 e. The van der Waals surface area contributed by atoms with Gasteiger partial charge in [-0.2, -0.15) is 0 Å². The average molecular weight is 467 g/mol. The number of nitrogens with zero attached hydrogens (tertiary/aromatic N) is 1. The zero-order valence-electron chi connectivity index (χ0n) is 14.9. The lowest BCUT2D eigenvalue weighted by molar-refractivity contribution is -0.179. The van der Waals surface area contributed by atoms with E-state index in [4.69, 9.17) is 29.9 Å². The average Bonchev–Trinajstić information content (AvgIpc) is 2.98. The normalized spacial score (nSPS) is 30.7. The molecule has 1 aromatic heterocycles. The molecule has 1 fully saturated rings. The summed E-state index contributed by atoms with van der Waals surface area (Å²) < 4.78 is 61.8.